The second-order valence-electron chi connectivity index (χ2n) is 3.52. The Labute approximate surface area is 102 Å². The van der Waals surface area contributed by atoms with Gasteiger partial charge in [0, 0.05) is 5.69 Å². The van der Waals surface area contributed by atoms with E-state index in [0.29, 0.717) is 5.69 Å². The number of amides is 1. The molecule has 0 saturated carbocycles. The first-order valence-electron chi connectivity index (χ1n) is 4.89. The minimum atomic E-state index is -0.467. The van der Waals surface area contributed by atoms with Crippen LogP contribution in [0.5, 0.6) is 0 Å². The number of hydrogen-bond acceptors (Lipinski definition) is 2. The third-order valence-corrected chi connectivity index (χ3v) is 2.45. The smallest absolute Gasteiger partial charge is 0.291 e. The number of anilines is 1. The summed E-state index contributed by atoms with van der Waals surface area (Å²) in [5, 5.41) is 2.68. The maximum Gasteiger partial charge on any atom is 0.291 e. The summed E-state index contributed by atoms with van der Waals surface area (Å²) in [6.07, 6.45) is 0. The van der Waals surface area contributed by atoms with E-state index < -0.39 is 11.7 Å². The number of aryl methyl sites for hydroxylation is 1. The normalized spacial score (nSPS) is 10.3. The largest absolute Gasteiger partial charge is 0.440 e. The van der Waals surface area contributed by atoms with E-state index in [4.69, 9.17) is 16.0 Å². The second kappa shape index (κ2) is 4.59. The molecule has 1 aromatic heterocycles. The van der Waals surface area contributed by atoms with Gasteiger partial charge in [0.25, 0.3) is 5.91 Å². The molecule has 3 nitrogen and oxygen atoms in total. The van der Waals surface area contributed by atoms with Gasteiger partial charge in [0.2, 0.25) is 0 Å². The third-order valence-electron chi connectivity index (χ3n) is 2.24. The zero-order valence-electron chi connectivity index (χ0n) is 8.96. The van der Waals surface area contributed by atoms with Crippen molar-refractivity contribution in [3.8, 4) is 0 Å². The minimum absolute atomic E-state index is 0.0821. The molecular weight excluding hydrogens is 245 g/mol. The Morgan fingerprint density at radius 3 is 2.76 bits per heavy atom. The number of nitrogens with one attached hydrogen (secondary N) is 1. The lowest BCUT2D eigenvalue weighted by molar-refractivity contribution is 0.0996. The number of rotatable bonds is 2. The molecule has 0 fully saturated rings. The summed E-state index contributed by atoms with van der Waals surface area (Å²) in [6, 6.07) is 7.08. The van der Waals surface area contributed by atoms with Crippen molar-refractivity contribution in [3.63, 3.8) is 0 Å². The molecule has 1 heterocycles. The highest BCUT2D eigenvalue weighted by Crippen LogP contribution is 2.19. The Morgan fingerprint density at radius 2 is 2.12 bits per heavy atom. The van der Waals surface area contributed by atoms with Gasteiger partial charge >= 0.3 is 0 Å². The van der Waals surface area contributed by atoms with E-state index >= 15 is 0 Å². The summed E-state index contributed by atoms with van der Waals surface area (Å²) in [4.78, 5) is 11.7. The molecule has 2 rings (SSSR count). The van der Waals surface area contributed by atoms with Gasteiger partial charge in [-0.05, 0) is 48.4 Å². The van der Waals surface area contributed by atoms with E-state index in [1.807, 2.05) is 0 Å². The molecule has 0 aliphatic carbocycles. The lowest BCUT2D eigenvalue weighted by Gasteiger charge is -2.06. The van der Waals surface area contributed by atoms with E-state index in [1.54, 1.807) is 13.0 Å². The predicted molar refractivity (Wildman–Crippen MR) is 62.8 cm³/mol. The van der Waals surface area contributed by atoms with Crippen LogP contribution in [0, 0.1) is 12.7 Å². The number of hydrogen-bond donors (Lipinski definition) is 1. The van der Waals surface area contributed by atoms with Gasteiger partial charge in [-0.3, -0.25) is 4.79 Å². The van der Waals surface area contributed by atoms with Gasteiger partial charge in [-0.25, -0.2) is 4.39 Å². The number of halogens is 2. The number of carbonyl (C=O) groups is 1. The molecule has 1 N–H and O–H groups in total. The fourth-order valence-electron chi connectivity index (χ4n) is 1.35. The van der Waals surface area contributed by atoms with Crippen molar-refractivity contribution in [3.05, 3.63) is 52.7 Å². The molecule has 88 valence electrons. The summed E-state index contributed by atoms with van der Waals surface area (Å²) >= 11 is 5.56. The number of furan rings is 1. The Balaban J connectivity index is 2.21. The van der Waals surface area contributed by atoms with Crippen molar-refractivity contribution in [2.45, 2.75) is 6.92 Å². The van der Waals surface area contributed by atoms with Gasteiger partial charge in [0.05, 0.1) is 0 Å². The zero-order chi connectivity index (χ0) is 12.4. The first kappa shape index (κ1) is 11.7. The molecule has 0 atom stereocenters. The van der Waals surface area contributed by atoms with Crippen molar-refractivity contribution < 1.29 is 13.6 Å². The summed E-state index contributed by atoms with van der Waals surface area (Å²) in [7, 11) is 0. The molecule has 0 aliphatic heterocycles. The van der Waals surface area contributed by atoms with Crippen LogP contribution in [0.4, 0.5) is 10.1 Å². The molecular formula is C12H9ClFNO2. The van der Waals surface area contributed by atoms with Crippen molar-refractivity contribution in [1.29, 1.82) is 0 Å². The van der Waals surface area contributed by atoms with Crippen molar-refractivity contribution in [2.75, 3.05) is 5.32 Å². The Bertz CT molecular complexity index is 565. The maximum absolute atomic E-state index is 13.0. The zero-order valence-corrected chi connectivity index (χ0v) is 9.72. The Hall–Kier alpha value is -1.81. The first-order valence-corrected chi connectivity index (χ1v) is 5.27. The highest BCUT2D eigenvalue weighted by atomic mass is 35.5. The van der Waals surface area contributed by atoms with E-state index in [-0.39, 0.29) is 11.0 Å². The number of carbonyl (C=O) groups excluding carboxylic acids is 1. The molecule has 1 amide bonds. The van der Waals surface area contributed by atoms with E-state index in [2.05, 4.69) is 5.32 Å². The quantitative estimate of drug-likeness (QED) is 0.888. The maximum atomic E-state index is 13.0. The van der Waals surface area contributed by atoms with Crippen molar-refractivity contribution in [2.24, 2.45) is 0 Å². The predicted octanol–water partition coefficient (Wildman–Crippen LogP) is 3.63. The number of benzene rings is 1. The SMILES string of the molecule is Cc1ccc(F)cc1NC(=O)c1ccc(Cl)o1. The van der Waals surface area contributed by atoms with Crippen LogP contribution in [0.1, 0.15) is 16.1 Å². The molecule has 17 heavy (non-hydrogen) atoms. The van der Waals surface area contributed by atoms with Crippen molar-refractivity contribution >= 4 is 23.2 Å². The van der Waals surface area contributed by atoms with E-state index in [0.717, 1.165) is 5.56 Å². The van der Waals surface area contributed by atoms with Crippen LogP contribution < -0.4 is 5.32 Å². The standard InChI is InChI=1S/C12H9ClFNO2/c1-7-2-3-8(14)6-9(7)15-12(16)10-4-5-11(13)17-10/h2-6H,1H3,(H,15,16). The van der Waals surface area contributed by atoms with Crippen LogP contribution in [0.2, 0.25) is 5.22 Å². The van der Waals surface area contributed by atoms with Gasteiger partial charge in [0.1, 0.15) is 5.82 Å². The summed E-state index contributed by atoms with van der Waals surface area (Å²) in [5.41, 5.74) is 1.17. The second-order valence-corrected chi connectivity index (χ2v) is 3.89. The van der Waals surface area contributed by atoms with Gasteiger partial charge in [0.15, 0.2) is 11.0 Å². The lowest BCUT2D eigenvalue weighted by atomic mass is 10.2. The average molecular weight is 254 g/mol. The van der Waals surface area contributed by atoms with Gasteiger partial charge < -0.3 is 9.73 Å². The molecule has 1 aromatic carbocycles. The molecule has 0 unspecified atom stereocenters. The van der Waals surface area contributed by atoms with Crippen LogP contribution >= 0.6 is 11.6 Å². The van der Waals surface area contributed by atoms with E-state index in [9.17, 15) is 9.18 Å². The molecule has 0 radical (unpaired) electrons. The lowest BCUT2D eigenvalue weighted by Crippen LogP contribution is -2.11. The molecule has 2 aromatic rings. The third kappa shape index (κ3) is 2.65. The highest BCUT2D eigenvalue weighted by molar-refractivity contribution is 6.29. The summed E-state index contributed by atoms with van der Waals surface area (Å²) in [6.45, 7) is 1.77. The van der Waals surface area contributed by atoms with Crippen LogP contribution in [0.15, 0.2) is 34.7 Å². The molecule has 0 saturated heterocycles. The van der Waals surface area contributed by atoms with E-state index in [1.165, 1.54) is 24.3 Å². The average Bonchev–Trinajstić information content (AvgIpc) is 2.70. The fraction of sp³-hybridized carbons (Fsp3) is 0.0833. The van der Waals surface area contributed by atoms with Crippen LogP contribution in [0.3, 0.4) is 0 Å². The van der Waals surface area contributed by atoms with Gasteiger partial charge in [-0.15, -0.1) is 0 Å². The summed E-state index contributed by atoms with van der Waals surface area (Å²) < 4.78 is 18.0. The van der Waals surface area contributed by atoms with Gasteiger partial charge in [-0.1, -0.05) is 6.07 Å². The molecule has 5 heteroatoms. The monoisotopic (exact) mass is 253 g/mol. The Morgan fingerprint density at radius 1 is 1.35 bits per heavy atom. The molecule has 0 bridgehead atoms. The first-order chi connectivity index (χ1) is 8.06. The van der Waals surface area contributed by atoms with Crippen LogP contribution in [0.25, 0.3) is 0 Å². The topological polar surface area (TPSA) is 42.2 Å². The molecule has 0 aliphatic rings. The Kier molecular flexibility index (Phi) is 3.15. The van der Waals surface area contributed by atoms with Crippen molar-refractivity contribution in [1.82, 2.24) is 0 Å². The molecule has 0 spiro atoms. The summed E-state index contributed by atoms with van der Waals surface area (Å²) in [5.74, 6) is -0.798. The van der Waals surface area contributed by atoms with Gasteiger partial charge in [-0.2, -0.15) is 0 Å². The van der Waals surface area contributed by atoms with Crippen LogP contribution in [-0.2, 0) is 0 Å². The van der Waals surface area contributed by atoms with Crippen LogP contribution in [-0.4, -0.2) is 5.91 Å². The highest BCUT2D eigenvalue weighted by Gasteiger charge is 2.12. The minimum Gasteiger partial charge on any atom is -0.440 e. The fourth-order valence-corrected chi connectivity index (χ4v) is 1.50.